The lowest BCUT2D eigenvalue weighted by molar-refractivity contribution is 0.294. The van der Waals surface area contributed by atoms with Crippen molar-refractivity contribution in [3.8, 4) is 5.75 Å². The van der Waals surface area contributed by atoms with Crippen molar-refractivity contribution in [3.05, 3.63) is 132 Å². The predicted molar refractivity (Wildman–Crippen MR) is 141 cm³/mol. The molecule has 0 unspecified atom stereocenters. The molecule has 2 aromatic heterocycles. The molecule has 0 bridgehead atoms. The van der Waals surface area contributed by atoms with Crippen LogP contribution in [0.25, 0.3) is 10.2 Å². The normalized spacial score (nSPS) is 11.6. The molecule has 6 aromatic rings. The van der Waals surface area contributed by atoms with Crippen LogP contribution in [-0.4, -0.2) is 25.2 Å². The van der Waals surface area contributed by atoms with Crippen LogP contribution in [0.15, 0.2) is 109 Å². The Kier molecular flexibility index (Phi) is 5.63. The van der Waals surface area contributed by atoms with Crippen molar-refractivity contribution in [2.24, 2.45) is 0 Å². The highest BCUT2D eigenvalue weighted by Crippen LogP contribution is 2.39. The molecule has 0 radical (unpaired) electrons. The van der Waals surface area contributed by atoms with Gasteiger partial charge in [-0.2, -0.15) is 0 Å². The Labute approximate surface area is 211 Å². The monoisotopic (exact) mass is 490 g/mol. The quantitative estimate of drug-likeness (QED) is 0.306. The summed E-state index contributed by atoms with van der Waals surface area (Å²) in [4.78, 5) is 6.03. The third-order valence-electron chi connectivity index (χ3n) is 6.07. The molecule has 2 N–H and O–H groups in total. The maximum absolute atomic E-state index is 6.00. The van der Waals surface area contributed by atoms with E-state index in [1.54, 1.807) is 4.80 Å². The van der Waals surface area contributed by atoms with Gasteiger partial charge in [0.25, 0.3) is 0 Å². The first-order valence-corrected chi connectivity index (χ1v) is 12.3. The maximum Gasteiger partial charge on any atom is 0.212 e. The number of hydrogen-bond acceptors (Lipinski definition) is 7. The lowest BCUT2D eigenvalue weighted by Gasteiger charge is -2.34. The van der Waals surface area contributed by atoms with Crippen molar-refractivity contribution < 1.29 is 4.74 Å². The lowest BCUT2D eigenvalue weighted by atomic mass is 9.77. The van der Waals surface area contributed by atoms with Gasteiger partial charge < -0.3 is 10.5 Å². The van der Waals surface area contributed by atoms with Gasteiger partial charge in [-0.15, -0.1) is 15.0 Å². The van der Waals surface area contributed by atoms with E-state index in [0.717, 1.165) is 26.9 Å². The minimum absolute atomic E-state index is 0.166. The summed E-state index contributed by atoms with van der Waals surface area (Å²) in [5.74, 6) is 1.14. The average Bonchev–Trinajstić information content (AvgIpc) is 3.55. The van der Waals surface area contributed by atoms with Crippen molar-refractivity contribution in [2.45, 2.75) is 12.1 Å². The summed E-state index contributed by atoms with van der Waals surface area (Å²) in [6.45, 7) is 0.166. The first kappa shape index (κ1) is 21.9. The number of nitrogens with zero attached hydrogens (tertiary/aromatic N) is 5. The molecular weight excluding hydrogens is 468 g/mol. The molecule has 0 saturated carbocycles. The highest BCUT2D eigenvalue weighted by Gasteiger charge is 2.41. The summed E-state index contributed by atoms with van der Waals surface area (Å²) in [7, 11) is 0. The number of thiazole rings is 1. The van der Waals surface area contributed by atoms with Crippen LogP contribution in [0.5, 0.6) is 5.75 Å². The van der Waals surface area contributed by atoms with Crippen molar-refractivity contribution >= 4 is 26.7 Å². The number of hydrogen-bond donors (Lipinski definition) is 1. The van der Waals surface area contributed by atoms with Gasteiger partial charge in [-0.05, 0) is 34.0 Å². The molecule has 0 aliphatic rings. The Morgan fingerprint density at radius 3 is 1.94 bits per heavy atom. The second kappa shape index (κ2) is 9.24. The number of nitrogens with two attached hydrogens (primary N) is 1. The van der Waals surface area contributed by atoms with Gasteiger partial charge in [0.05, 0.1) is 10.2 Å². The standard InChI is InChI=1S/C28H22N6OS/c29-27-30-24-18-23(16-17-25(24)36-27)35-19-26-31-33-34(32-26)28(20-10-4-1-5-11-20,21-12-6-2-7-13-21)22-14-8-3-9-15-22/h1-18H,19H2,(H2,29,30). The molecule has 0 aliphatic heterocycles. The van der Waals surface area contributed by atoms with E-state index < -0.39 is 5.54 Å². The Hall–Kier alpha value is -4.56. The average molecular weight is 491 g/mol. The van der Waals surface area contributed by atoms with Crippen LogP contribution in [0.2, 0.25) is 0 Å². The van der Waals surface area contributed by atoms with E-state index in [2.05, 4.69) is 51.7 Å². The van der Waals surface area contributed by atoms with E-state index in [9.17, 15) is 0 Å². The summed E-state index contributed by atoms with van der Waals surface area (Å²) >= 11 is 1.45. The predicted octanol–water partition coefficient (Wildman–Crippen LogP) is 5.28. The minimum atomic E-state index is -0.813. The minimum Gasteiger partial charge on any atom is -0.485 e. The lowest BCUT2D eigenvalue weighted by Crippen LogP contribution is -2.39. The van der Waals surface area contributed by atoms with Gasteiger partial charge in [-0.25, -0.2) is 4.98 Å². The van der Waals surface area contributed by atoms with E-state index in [1.807, 2.05) is 72.8 Å². The van der Waals surface area contributed by atoms with Gasteiger partial charge >= 0.3 is 0 Å². The highest BCUT2D eigenvalue weighted by atomic mass is 32.1. The second-order valence-corrected chi connectivity index (χ2v) is 9.34. The van der Waals surface area contributed by atoms with Crippen LogP contribution in [0.1, 0.15) is 22.5 Å². The molecule has 4 aromatic carbocycles. The molecule has 0 fully saturated rings. The molecule has 2 heterocycles. The Bertz CT molecular complexity index is 1500. The Balaban J connectivity index is 1.41. The fraction of sp³-hybridized carbons (Fsp3) is 0.0714. The number of nitrogen functional groups attached to an aromatic ring is 1. The third-order valence-corrected chi connectivity index (χ3v) is 6.94. The smallest absolute Gasteiger partial charge is 0.212 e. The summed E-state index contributed by atoms with van der Waals surface area (Å²) in [5.41, 5.74) is 8.90. The number of tetrazole rings is 1. The van der Waals surface area contributed by atoms with E-state index in [1.165, 1.54) is 11.3 Å². The molecule has 8 heteroatoms. The van der Waals surface area contributed by atoms with Gasteiger partial charge in [0, 0.05) is 6.07 Å². The maximum atomic E-state index is 6.00. The zero-order valence-electron chi connectivity index (χ0n) is 19.2. The number of ether oxygens (including phenoxy) is 1. The van der Waals surface area contributed by atoms with E-state index in [4.69, 9.17) is 15.6 Å². The topological polar surface area (TPSA) is 91.7 Å². The van der Waals surface area contributed by atoms with Crippen molar-refractivity contribution in [1.29, 1.82) is 0 Å². The summed E-state index contributed by atoms with van der Waals surface area (Å²) in [5, 5.41) is 14.3. The molecule has 36 heavy (non-hydrogen) atoms. The van der Waals surface area contributed by atoms with Crippen LogP contribution in [0, 0.1) is 0 Å². The van der Waals surface area contributed by atoms with Crippen molar-refractivity contribution in [3.63, 3.8) is 0 Å². The third kappa shape index (κ3) is 3.87. The Morgan fingerprint density at radius 1 is 0.778 bits per heavy atom. The van der Waals surface area contributed by atoms with Gasteiger partial charge in [-0.3, -0.25) is 0 Å². The fourth-order valence-corrected chi connectivity index (χ4v) is 5.20. The number of rotatable bonds is 7. The number of anilines is 1. The Morgan fingerprint density at radius 2 is 1.36 bits per heavy atom. The molecule has 0 atom stereocenters. The van der Waals surface area contributed by atoms with Crippen LogP contribution in [-0.2, 0) is 12.1 Å². The van der Waals surface area contributed by atoms with Crippen molar-refractivity contribution in [1.82, 2.24) is 25.2 Å². The van der Waals surface area contributed by atoms with Crippen LogP contribution in [0.3, 0.4) is 0 Å². The van der Waals surface area contributed by atoms with Crippen LogP contribution in [0.4, 0.5) is 5.13 Å². The second-order valence-electron chi connectivity index (χ2n) is 8.27. The van der Waals surface area contributed by atoms with Gasteiger partial charge in [0.2, 0.25) is 5.82 Å². The van der Waals surface area contributed by atoms with Gasteiger partial charge in [0.1, 0.15) is 5.75 Å². The van der Waals surface area contributed by atoms with E-state index in [0.29, 0.717) is 16.7 Å². The molecular formula is C28H22N6OS. The number of aromatic nitrogens is 5. The molecule has 0 aliphatic carbocycles. The zero-order valence-corrected chi connectivity index (χ0v) is 20.0. The van der Waals surface area contributed by atoms with Crippen molar-refractivity contribution in [2.75, 3.05) is 5.73 Å². The SMILES string of the molecule is Nc1nc2cc(OCc3nnn(C(c4ccccc4)(c4ccccc4)c4ccccc4)n3)ccc2s1. The summed E-state index contributed by atoms with van der Waals surface area (Å²) in [6.07, 6.45) is 0. The summed E-state index contributed by atoms with van der Waals surface area (Å²) < 4.78 is 7.01. The highest BCUT2D eigenvalue weighted by molar-refractivity contribution is 7.22. The number of fused-ring (bicyclic) bond motifs is 1. The van der Waals surface area contributed by atoms with Crippen LogP contribution >= 0.6 is 11.3 Å². The van der Waals surface area contributed by atoms with Crippen LogP contribution < -0.4 is 10.5 Å². The van der Waals surface area contributed by atoms with Gasteiger partial charge in [0.15, 0.2) is 17.3 Å². The molecule has 0 saturated heterocycles. The largest absolute Gasteiger partial charge is 0.485 e. The van der Waals surface area contributed by atoms with E-state index >= 15 is 0 Å². The first-order chi connectivity index (χ1) is 17.7. The molecule has 0 spiro atoms. The first-order valence-electron chi connectivity index (χ1n) is 11.5. The fourth-order valence-electron chi connectivity index (χ4n) is 4.49. The molecule has 176 valence electrons. The number of benzene rings is 4. The van der Waals surface area contributed by atoms with Gasteiger partial charge in [-0.1, -0.05) is 102 Å². The van der Waals surface area contributed by atoms with E-state index in [-0.39, 0.29) is 6.61 Å². The summed E-state index contributed by atoms with van der Waals surface area (Å²) in [6, 6.07) is 36.4. The molecule has 6 rings (SSSR count). The molecule has 0 amide bonds. The zero-order chi connectivity index (χ0) is 24.4. The molecule has 7 nitrogen and oxygen atoms in total.